The van der Waals surface area contributed by atoms with Crippen LogP contribution in [0.4, 0.5) is 0 Å². The molecule has 0 unspecified atom stereocenters. The highest BCUT2D eigenvalue weighted by molar-refractivity contribution is 5.97. The van der Waals surface area contributed by atoms with Gasteiger partial charge in [-0.1, -0.05) is 12.8 Å². The molecule has 3 rings (SSSR count). The molecule has 2 aromatic rings. The smallest absolute Gasteiger partial charge is 0.261 e. The number of hydrogen-bond donors (Lipinski definition) is 0. The third-order valence-electron chi connectivity index (χ3n) is 4.22. The maximum Gasteiger partial charge on any atom is 0.261 e. The summed E-state index contributed by atoms with van der Waals surface area (Å²) in [4.78, 5) is 31.0. The Morgan fingerprint density at radius 3 is 2.73 bits per heavy atom. The molecular weight excluding hydrogens is 278 g/mol. The van der Waals surface area contributed by atoms with Crippen LogP contribution in [0, 0.1) is 0 Å². The van der Waals surface area contributed by atoms with Crippen molar-refractivity contribution in [1.82, 2.24) is 14.5 Å². The Bertz CT molecular complexity index is 777. The lowest BCUT2D eigenvalue weighted by Crippen LogP contribution is -2.27. The first-order chi connectivity index (χ1) is 10.6. The van der Waals surface area contributed by atoms with Gasteiger partial charge in [-0.05, 0) is 31.0 Å². The summed E-state index contributed by atoms with van der Waals surface area (Å²) in [7, 11) is 3.44. The van der Waals surface area contributed by atoms with Gasteiger partial charge in [0.25, 0.3) is 11.5 Å². The number of carbonyl (C=O) groups excluding carboxylic acids is 1. The molecule has 0 aliphatic carbocycles. The summed E-state index contributed by atoms with van der Waals surface area (Å²) in [6.07, 6.45) is 5.27. The van der Waals surface area contributed by atoms with E-state index in [-0.39, 0.29) is 11.5 Å². The number of aromatic nitrogens is 2. The number of hydrogen-bond acceptors (Lipinski definition) is 3. The first-order valence-corrected chi connectivity index (χ1v) is 7.83. The van der Waals surface area contributed by atoms with Crippen LogP contribution in [0.2, 0.25) is 0 Å². The van der Waals surface area contributed by atoms with Gasteiger partial charge in [-0.3, -0.25) is 14.2 Å². The van der Waals surface area contributed by atoms with E-state index in [4.69, 9.17) is 0 Å². The summed E-state index contributed by atoms with van der Waals surface area (Å²) in [5, 5.41) is 0.597. The van der Waals surface area contributed by atoms with E-state index in [1.807, 2.05) is 4.57 Å². The predicted octanol–water partition coefficient (Wildman–Crippen LogP) is 2.21. The van der Waals surface area contributed by atoms with E-state index < -0.39 is 0 Å². The summed E-state index contributed by atoms with van der Waals surface area (Å²) >= 11 is 0. The molecule has 1 aromatic carbocycles. The lowest BCUT2D eigenvalue weighted by molar-refractivity contribution is 0.0827. The van der Waals surface area contributed by atoms with Crippen molar-refractivity contribution >= 4 is 16.8 Å². The van der Waals surface area contributed by atoms with Gasteiger partial charge in [0.2, 0.25) is 0 Å². The molecule has 116 valence electrons. The van der Waals surface area contributed by atoms with Crippen LogP contribution < -0.4 is 5.56 Å². The molecule has 0 fully saturated rings. The topological polar surface area (TPSA) is 55.2 Å². The van der Waals surface area contributed by atoms with E-state index in [0.29, 0.717) is 16.5 Å². The van der Waals surface area contributed by atoms with Crippen molar-refractivity contribution in [2.45, 2.75) is 38.6 Å². The number of benzene rings is 1. The van der Waals surface area contributed by atoms with Gasteiger partial charge in [-0.15, -0.1) is 0 Å². The zero-order valence-corrected chi connectivity index (χ0v) is 13.1. The van der Waals surface area contributed by atoms with Crippen molar-refractivity contribution in [3.63, 3.8) is 0 Å². The largest absolute Gasteiger partial charge is 0.345 e. The van der Waals surface area contributed by atoms with Gasteiger partial charge in [0, 0.05) is 32.6 Å². The lowest BCUT2D eigenvalue weighted by atomic mass is 10.1. The predicted molar refractivity (Wildman–Crippen MR) is 86.2 cm³/mol. The Morgan fingerprint density at radius 2 is 1.95 bits per heavy atom. The van der Waals surface area contributed by atoms with Crippen LogP contribution in [-0.2, 0) is 13.0 Å². The molecule has 0 saturated heterocycles. The van der Waals surface area contributed by atoms with Crippen molar-refractivity contribution < 1.29 is 4.79 Å². The van der Waals surface area contributed by atoms with Gasteiger partial charge in [-0.25, -0.2) is 4.98 Å². The second-order valence-corrected chi connectivity index (χ2v) is 6.08. The Kier molecular flexibility index (Phi) is 3.96. The molecular formula is C17H21N3O2. The summed E-state index contributed by atoms with van der Waals surface area (Å²) in [5.74, 6) is 0.780. The van der Waals surface area contributed by atoms with Crippen LogP contribution in [0.25, 0.3) is 10.9 Å². The third-order valence-corrected chi connectivity index (χ3v) is 4.22. The first-order valence-electron chi connectivity index (χ1n) is 7.83. The molecule has 0 spiro atoms. The Morgan fingerprint density at radius 1 is 1.18 bits per heavy atom. The molecule has 1 aliphatic rings. The van der Waals surface area contributed by atoms with Gasteiger partial charge in [0.1, 0.15) is 5.82 Å². The van der Waals surface area contributed by atoms with Gasteiger partial charge >= 0.3 is 0 Å². The molecule has 2 heterocycles. The monoisotopic (exact) mass is 299 g/mol. The van der Waals surface area contributed by atoms with Crippen LogP contribution in [0.1, 0.15) is 41.9 Å². The third kappa shape index (κ3) is 2.63. The average molecular weight is 299 g/mol. The van der Waals surface area contributed by atoms with Gasteiger partial charge in [-0.2, -0.15) is 0 Å². The van der Waals surface area contributed by atoms with Crippen LogP contribution in [0.3, 0.4) is 0 Å². The minimum absolute atomic E-state index is 0.0192. The van der Waals surface area contributed by atoms with Gasteiger partial charge in [0.05, 0.1) is 10.9 Å². The van der Waals surface area contributed by atoms with Crippen molar-refractivity contribution in [1.29, 1.82) is 0 Å². The molecule has 0 N–H and O–H groups in total. The number of aryl methyl sites for hydroxylation is 1. The van der Waals surface area contributed by atoms with E-state index in [2.05, 4.69) is 4.98 Å². The fourth-order valence-electron chi connectivity index (χ4n) is 2.99. The zero-order chi connectivity index (χ0) is 15.7. The van der Waals surface area contributed by atoms with Crippen molar-refractivity contribution in [3.05, 3.63) is 39.9 Å². The van der Waals surface area contributed by atoms with E-state index in [0.717, 1.165) is 31.6 Å². The Labute approximate surface area is 129 Å². The van der Waals surface area contributed by atoms with Crippen LogP contribution >= 0.6 is 0 Å². The average Bonchev–Trinajstić information content (AvgIpc) is 2.48. The van der Waals surface area contributed by atoms with E-state index in [1.54, 1.807) is 32.3 Å². The van der Waals surface area contributed by atoms with Crippen molar-refractivity contribution in [2.75, 3.05) is 14.1 Å². The maximum absolute atomic E-state index is 12.7. The number of rotatable bonds is 1. The number of carbonyl (C=O) groups is 1. The molecule has 22 heavy (non-hydrogen) atoms. The SMILES string of the molecule is CN(C)C(=O)c1ccc2c(=O)n3c(nc2c1)CCCCCC3. The molecule has 0 bridgehead atoms. The van der Waals surface area contributed by atoms with E-state index >= 15 is 0 Å². The minimum Gasteiger partial charge on any atom is -0.345 e. The molecule has 0 atom stereocenters. The summed E-state index contributed by atoms with van der Waals surface area (Å²) in [6, 6.07) is 5.18. The standard InChI is InChI=1S/C17H21N3O2/c1-19(2)16(21)12-8-9-13-14(11-12)18-15-7-5-3-4-6-10-20(15)17(13)22/h8-9,11H,3-7,10H2,1-2H3. The second-order valence-electron chi connectivity index (χ2n) is 6.08. The lowest BCUT2D eigenvalue weighted by Gasteiger charge is -2.16. The van der Waals surface area contributed by atoms with Crippen molar-refractivity contribution in [3.8, 4) is 0 Å². The number of amides is 1. The molecule has 0 radical (unpaired) electrons. The number of fused-ring (bicyclic) bond motifs is 2. The minimum atomic E-state index is -0.0736. The summed E-state index contributed by atoms with van der Waals surface area (Å²) < 4.78 is 1.81. The normalized spacial score (nSPS) is 15.0. The van der Waals surface area contributed by atoms with Crippen molar-refractivity contribution in [2.24, 2.45) is 0 Å². The Hall–Kier alpha value is -2.17. The van der Waals surface area contributed by atoms with E-state index in [1.165, 1.54) is 17.7 Å². The van der Waals surface area contributed by atoms with Gasteiger partial charge in [0.15, 0.2) is 0 Å². The van der Waals surface area contributed by atoms with Crippen LogP contribution in [0.15, 0.2) is 23.0 Å². The summed E-state index contributed by atoms with van der Waals surface area (Å²) in [5.41, 5.74) is 1.22. The summed E-state index contributed by atoms with van der Waals surface area (Å²) in [6.45, 7) is 0.746. The van der Waals surface area contributed by atoms with E-state index in [9.17, 15) is 9.59 Å². The fourth-order valence-corrected chi connectivity index (χ4v) is 2.99. The molecule has 1 aromatic heterocycles. The maximum atomic E-state index is 12.7. The molecule has 1 amide bonds. The highest BCUT2D eigenvalue weighted by atomic mass is 16.2. The molecule has 1 aliphatic heterocycles. The molecule has 5 nitrogen and oxygen atoms in total. The van der Waals surface area contributed by atoms with Gasteiger partial charge < -0.3 is 4.90 Å². The van der Waals surface area contributed by atoms with Crippen LogP contribution in [-0.4, -0.2) is 34.5 Å². The fraction of sp³-hybridized carbons (Fsp3) is 0.471. The van der Waals surface area contributed by atoms with Crippen LogP contribution in [0.5, 0.6) is 0 Å². The number of nitrogens with zero attached hydrogens (tertiary/aromatic N) is 3. The molecule has 5 heteroatoms. The first kappa shape index (κ1) is 14.8. The highest BCUT2D eigenvalue weighted by Gasteiger charge is 2.15. The Balaban J connectivity index is 2.15. The zero-order valence-electron chi connectivity index (χ0n) is 13.1. The second kappa shape index (κ2) is 5.91. The highest BCUT2D eigenvalue weighted by Crippen LogP contribution is 2.16. The quantitative estimate of drug-likeness (QED) is 0.811. The molecule has 0 saturated carbocycles.